The molecule has 0 bridgehead atoms. The summed E-state index contributed by atoms with van der Waals surface area (Å²) in [7, 11) is 1.78. The molecule has 6 heteroatoms. The Morgan fingerprint density at radius 1 is 1.52 bits per heavy atom. The molecule has 2 heterocycles. The Hall–Kier alpha value is -1.85. The van der Waals surface area contributed by atoms with E-state index >= 15 is 0 Å². The number of aryl methyl sites for hydroxylation is 2. The molecule has 1 saturated heterocycles. The van der Waals surface area contributed by atoms with Gasteiger partial charge in [0.2, 0.25) is 11.8 Å². The fraction of sp³-hybridized carbons (Fsp3) is 0.667. The van der Waals surface area contributed by atoms with E-state index in [2.05, 4.69) is 15.5 Å². The van der Waals surface area contributed by atoms with Crippen LogP contribution in [0.3, 0.4) is 0 Å². The summed E-state index contributed by atoms with van der Waals surface area (Å²) in [6.07, 6.45) is 2.03. The van der Waals surface area contributed by atoms with Crippen molar-refractivity contribution < 1.29 is 9.59 Å². The maximum Gasteiger partial charge on any atom is 0.244 e. The van der Waals surface area contributed by atoms with E-state index in [1.807, 2.05) is 20.8 Å². The Morgan fingerprint density at radius 2 is 2.24 bits per heavy atom. The Bertz CT molecular complexity index is 518. The highest BCUT2D eigenvalue weighted by Crippen LogP contribution is 2.24. The summed E-state index contributed by atoms with van der Waals surface area (Å²) in [6, 6.07) is -0.366. The molecule has 2 N–H and O–H groups in total. The molecule has 21 heavy (non-hydrogen) atoms. The van der Waals surface area contributed by atoms with Gasteiger partial charge in [-0.1, -0.05) is 6.92 Å². The largest absolute Gasteiger partial charge is 0.344 e. The number of carbonyl (C=O) groups excluding carboxylic acids is 2. The van der Waals surface area contributed by atoms with Crippen LogP contribution in [0.2, 0.25) is 0 Å². The van der Waals surface area contributed by atoms with Crippen molar-refractivity contribution in [3.63, 3.8) is 0 Å². The summed E-state index contributed by atoms with van der Waals surface area (Å²) < 4.78 is 0. The van der Waals surface area contributed by atoms with Crippen LogP contribution in [0.4, 0.5) is 0 Å². The predicted octanol–water partition coefficient (Wildman–Crippen LogP) is 1.26. The predicted molar refractivity (Wildman–Crippen MR) is 79.9 cm³/mol. The maximum atomic E-state index is 12.2. The van der Waals surface area contributed by atoms with Gasteiger partial charge in [0.05, 0.1) is 5.69 Å². The summed E-state index contributed by atoms with van der Waals surface area (Å²) in [5.41, 5.74) is 3.03. The van der Waals surface area contributed by atoms with Crippen molar-refractivity contribution in [1.82, 2.24) is 20.4 Å². The second-order valence-electron chi connectivity index (χ2n) is 5.97. The number of likely N-dealkylation sites (N-methyl/N-ethyl adjacent to an activating group) is 1. The van der Waals surface area contributed by atoms with Crippen LogP contribution in [0.1, 0.15) is 49.1 Å². The number of H-pyrrole nitrogens is 1. The minimum Gasteiger partial charge on any atom is -0.344 e. The summed E-state index contributed by atoms with van der Waals surface area (Å²) in [5, 5.41) is 9.98. The minimum atomic E-state index is -0.366. The fourth-order valence-corrected chi connectivity index (χ4v) is 3.09. The molecule has 116 valence electrons. The average molecular weight is 292 g/mol. The highest BCUT2D eigenvalue weighted by Gasteiger charge is 2.28. The standard InChI is InChI=1S/C15H24N4O2/c1-9(14-10(2)17-18-11(14)3)8-13(20)16-12-6-5-7-19(4)15(12)21/h9,12H,5-8H2,1-4H3,(H,16,20)(H,17,18)/t9-,12-/m1/s1. The number of rotatable bonds is 4. The summed E-state index contributed by atoms with van der Waals surface area (Å²) in [4.78, 5) is 25.8. The van der Waals surface area contributed by atoms with Crippen molar-refractivity contribution in [1.29, 1.82) is 0 Å². The molecular weight excluding hydrogens is 268 g/mol. The molecule has 1 aliphatic rings. The van der Waals surface area contributed by atoms with Crippen LogP contribution >= 0.6 is 0 Å². The van der Waals surface area contributed by atoms with Crippen LogP contribution < -0.4 is 5.32 Å². The molecule has 2 atom stereocenters. The molecule has 1 fully saturated rings. The third kappa shape index (κ3) is 3.43. The molecule has 6 nitrogen and oxygen atoms in total. The van der Waals surface area contributed by atoms with Gasteiger partial charge < -0.3 is 10.2 Å². The molecule has 1 aromatic heterocycles. The van der Waals surface area contributed by atoms with Crippen molar-refractivity contribution in [3.05, 3.63) is 17.0 Å². The van der Waals surface area contributed by atoms with E-state index in [1.54, 1.807) is 11.9 Å². The first kappa shape index (κ1) is 15.5. The molecule has 0 aromatic carbocycles. The van der Waals surface area contributed by atoms with Gasteiger partial charge in [-0.25, -0.2) is 0 Å². The zero-order valence-electron chi connectivity index (χ0n) is 13.2. The monoisotopic (exact) mass is 292 g/mol. The molecule has 2 amide bonds. The van der Waals surface area contributed by atoms with Gasteiger partial charge in [-0.15, -0.1) is 0 Å². The number of piperidine rings is 1. The molecule has 1 aliphatic heterocycles. The van der Waals surface area contributed by atoms with Gasteiger partial charge >= 0.3 is 0 Å². The van der Waals surface area contributed by atoms with Gasteiger partial charge in [0.1, 0.15) is 6.04 Å². The van der Waals surface area contributed by atoms with E-state index in [4.69, 9.17) is 0 Å². The van der Waals surface area contributed by atoms with Gasteiger partial charge in [-0.2, -0.15) is 5.10 Å². The number of nitrogens with one attached hydrogen (secondary N) is 2. The highest BCUT2D eigenvalue weighted by molar-refractivity contribution is 5.88. The first-order valence-electron chi connectivity index (χ1n) is 7.46. The zero-order valence-corrected chi connectivity index (χ0v) is 13.2. The Morgan fingerprint density at radius 3 is 2.86 bits per heavy atom. The Balaban J connectivity index is 1.94. The number of hydrogen-bond acceptors (Lipinski definition) is 3. The van der Waals surface area contributed by atoms with E-state index in [1.165, 1.54) is 0 Å². The highest BCUT2D eigenvalue weighted by atomic mass is 16.2. The lowest BCUT2D eigenvalue weighted by Gasteiger charge is -2.29. The lowest BCUT2D eigenvalue weighted by atomic mass is 9.95. The van der Waals surface area contributed by atoms with Crippen LogP contribution in [0.25, 0.3) is 0 Å². The number of likely N-dealkylation sites (tertiary alicyclic amines) is 1. The summed E-state index contributed by atoms with van der Waals surface area (Å²) in [6.45, 7) is 6.69. The van der Waals surface area contributed by atoms with Crippen LogP contribution in [-0.2, 0) is 9.59 Å². The normalized spacial score (nSPS) is 20.5. The molecular formula is C15H24N4O2. The van der Waals surface area contributed by atoms with Gasteiger partial charge in [0, 0.05) is 25.7 Å². The number of hydrogen-bond donors (Lipinski definition) is 2. The molecule has 2 rings (SSSR count). The maximum absolute atomic E-state index is 12.2. The van der Waals surface area contributed by atoms with Gasteiger partial charge in [0.25, 0.3) is 0 Å². The number of carbonyl (C=O) groups is 2. The SMILES string of the molecule is Cc1n[nH]c(C)c1[C@H](C)CC(=O)N[C@@H]1CCCN(C)C1=O. The lowest BCUT2D eigenvalue weighted by molar-refractivity contribution is -0.137. The third-order valence-corrected chi connectivity index (χ3v) is 4.17. The van der Waals surface area contributed by atoms with Gasteiger partial charge in [-0.3, -0.25) is 14.7 Å². The first-order valence-corrected chi connectivity index (χ1v) is 7.46. The number of aromatic nitrogens is 2. The fourth-order valence-electron chi connectivity index (χ4n) is 3.09. The first-order chi connectivity index (χ1) is 9.90. The van der Waals surface area contributed by atoms with E-state index in [0.29, 0.717) is 6.42 Å². The third-order valence-electron chi connectivity index (χ3n) is 4.17. The summed E-state index contributed by atoms with van der Waals surface area (Å²) in [5.74, 6) is 0.0225. The van der Waals surface area contributed by atoms with Gasteiger partial charge in [-0.05, 0) is 38.2 Å². The molecule has 1 aromatic rings. The van der Waals surface area contributed by atoms with Crippen LogP contribution in [0.15, 0.2) is 0 Å². The quantitative estimate of drug-likeness (QED) is 0.877. The second-order valence-corrected chi connectivity index (χ2v) is 5.97. The number of amides is 2. The van der Waals surface area contributed by atoms with E-state index in [0.717, 1.165) is 36.3 Å². The number of aromatic amines is 1. The van der Waals surface area contributed by atoms with Crippen molar-refractivity contribution >= 4 is 11.8 Å². The van der Waals surface area contributed by atoms with Crippen molar-refractivity contribution in [2.24, 2.45) is 0 Å². The summed E-state index contributed by atoms with van der Waals surface area (Å²) >= 11 is 0. The lowest BCUT2D eigenvalue weighted by Crippen LogP contribution is -2.50. The average Bonchev–Trinajstić information content (AvgIpc) is 2.74. The molecule has 0 radical (unpaired) electrons. The Kier molecular flexibility index (Phi) is 4.65. The van der Waals surface area contributed by atoms with Crippen LogP contribution in [0.5, 0.6) is 0 Å². The zero-order chi connectivity index (χ0) is 15.6. The van der Waals surface area contributed by atoms with Crippen molar-refractivity contribution in [2.75, 3.05) is 13.6 Å². The topological polar surface area (TPSA) is 78.1 Å². The molecule has 0 unspecified atom stereocenters. The Labute approximate surface area is 125 Å². The molecule has 0 aliphatic carbocycles. The van der Waals surface area contributed by atoms with Crippen molar-refractivity contribution in [2.45, 2.75) is 52.0 Å². The smallest absolute Gasteiger partial charge is 0.244 e. The minimum absolute atomic E-state index is 0.0120. The van der Waals surface area contributed by atoms with E-state index < -0.39 is 0 Å². The van der Waals surface area contributed by atoms with Crippen LogP contribution in [-0.4, -0.2) is 46.5 Å². The van der Waals surface area contributed by atoms with E-state index in [-0.39, 0.29) is 23.8 Å². The van der Waals surface area contributed by atoms with Gasteiger partial charge in [0.15, 0.2) is 0 Å². The second kappa shape index (κ2) is 6.28. The van der Waals surface area contributed by atoms with E-state index in [9.17, 15) is 9.59 Å². The van der Waals surface area contributed by atoms with Crippen molar-refractivity contribution in [3.8, 4) is 0 Å². The van der Waals surface area contributed by atoms with Crippen LogP contribution in [0, 0.1) is 13.8 Å². The number of nitrogens with zero attached hydrogens (tertiary/aromatic N) is 2. The molecule has 0 saturated carbocycles. The molecule has 0 spiro atoms.